The van der Waals surface area contributed by atoms with Crippen molar-refractivity contribution in [1.82, 2.24) is 9.97 Å². The Balaban J connectivity index is 2.14. The molecule has 0 saturated heterocycles. The Morgan fingerprint density at radius 1 is 1.25 bits per heavy atom. The van der Waals surface area contributed by atoms with Crippen LogP contribution in [-0.2, 0) is 6.42 Å². The third-order valence-electron chi connectivity index (χ3n) is 2.82. The van der Waals surface area contributed by atoms with Crippen LogP contribution in [0.15, 0.2) is 6.07 Å². The van der Waals surface area contributed by atoms with Crippen molar-refractivity contribution in [2.75, 3.05) is 11.9 Å². The van der Waals surface area contributed by atoms with Gasteiger partial charge in [-0.1, -0.05) is 13.8 Å². The Morgan fingerprint density at radius 2 is 2.06 bits per heavy atom. The van der Waals surface area contributed by atoms with Crippen molar-refractivity contribution in [2.45, 2.75) is 51.9 Å². The van der Waals surface area contributed by atoms with Crippen LogP contribution in [0.25, 0.3) is 0 Å². The molecule has 1 N–H and O–H groups in total. The highest BCUT2D eigenvalue weighted by Crippen LogP contribution is 2.39. The van der Waals surface area contributed by atoms with E-state index in [4.69, 9.17) is 0 Å². The van der Waals surface area contributed by atoms with E-state index in [1.807, 2.05) is 0 Å². The quantitative estimate of drug-likeness (QED) is 0.798. The summed E-state index contributed by atoms with van der Waals surface area (Å²) in [7, 11) is 0. The molecule has 3 heteroatoms. The topological polar surface area (TPSA) is 37.8 Å². The van der Waals surface area contributed by atoms with Gasteiger partial charge in [-0.25, -0.2) is 9.97 Å². The molecule has 3 nitrogen and oxygen atoms in total. The molecule has 0 bridgehead atoms. The van der Waals surface area contributed by atoms with Gasteiger partial charge in [-0.05, 0) is 25.7 Å². The van der Waals surface area contributed by atoms with Crippen molar-refractivity contribution in [3.05, 3.63) is 17.6 Å². The average molecular weight is 219 g/mol. The molecule has 0 unspecified atom stereocenters. The smallest absolute Gasteiger partial charge is 0.131 e. The molecular formula is C13H21N3. The van der Waals surface area contributed by atoms with Crippen LogP contribution in [0.1, 0.15) is 57.0 Å². The Bertz CT molecular complexity index is 345. The van der Waals surface area contributed by atoms with Crippen LogP contribution < -0.4 is 5.32 Å². The van der Waals surface area contributed by atoms with Gasteiger partial charge in [-0.3, -0.25) is 0 Å². The van der Waals surface area contributed by atoms with Crippen molar-refractivity contribution >= 4 is 5.82 Å². The molecule has 0 radical (unpaired) electrons. The van der Waals surface area contributed by atoms with Crippen molar-refractivity contribution in [3.8, 4) is 0 Å². The summed E-state index contributed by atoms with van der Waals surface area (Å²) < 4.78 is 0. The van der Waals surface area contributed by atoms with Crippen molar-refractivity contribution in [2.24, 2.45) is 0 Å². The third-order valence-corrected chi connectivity index (χ3v) is 2.82. The Morgan fingerprint density at radius 3 is 2.69 bits per heavy atom. The first-order valence-electron chi connectivity index (χ1n) is 6.45. The molecule has 2 rings (SSSR count). The standard InChI is InChI=1S/C13H21N3/c1-3-5-12-15-11(10-6-7-10)9-13(16-12)14-8-4-2/h9-10H,3-8H2,1-2H3,(H,14,15,16). The predicted octanol–water partition coefficient (Wildman–Crippen LogP) is 3.13. The number of aromatic nitrogens is 2. The van der Waals surface area contributed by atoms with Gasteiger partial charge in [0.25, 0.3) is 0 Å². The highest BCUT2D eigenvalue weighted by molar-refractivity contribution is 5.38. The molecule has 88 valence electrons. The van der Waals surface area contributed by atoms with Gasteiger partial charge in [0, 0.05) is 30.6 Å². The molecule has 1 aliphatic carbocycles. The first-order chi connectivity index (χ1) is 7.83. The minimum atomic E-state index is 0.709. The maximum absolute atomic E-state index is 4.64. The zero-order chi connectivity index (χ0) is 11.4. The van der Waals surface area contributed by atoms with E-state index in [1.165, 1.54) is 18.5 Å². The van der Waals surface area contributed by atoms with Crippen LogP contribution >= 0.6 is 0 Å². The SMILES string of the molecule is CCCNc1cc(C2CC2)nc(CCC)n1. The number of anilines is 1. The van der Waals surface area contributed by atoms with E-state index in [1.54, 1.807) is 0 Å². The van der Waals surface area contributed by atoms with Crippen molar-refractivity contribution in [3.63, 3.8) is 0 Å². The molecule has 1 saturated carbocycles. The molecule has 16 heavy (non-hydrogen) atoms. The molecule has 1 aromatic rings. The Hall–Kier alpha value is -1.12. The van der Waals surface area contributed by atoms with Crippen LogP contribution in [0, 0.1) is 0 Å². The van der Waals surface area contributed by atoms with Crippen molar-refractivity contribution < 1.29 is 0 Å². The zero-order valence-electron chi connectivity index (χ0n) is 10.3. The van der Waals surface area contributed by atoms with Gasteiger partial charge in [0.15, 0.2) is 0 Å². The molecule has 0 aromatic carbocycles. The summed E-state index contributed by atoms with van der Waals surface area (Å²) in [5.41, 5.74) is 1.25. The maximum atomic E-state index is 4.64. The molecule has 1 aliphatic rings. The summed E-state index contributed by atoms with van der Waals surface area (Å²) in [5.74, 6) is 2.73. The Labute approximate surface area is 97.7 Å². The van der Waals surface area contributed by atoms with Crippen molar-refractivity contribution in [1.29, 1.82) is 0 Å². The van der Waals surface area contributed by atoms with Crippen LogP contribution in [-0.4, -0.2) is 16.5 Å². The lowest BCUT2D eigenvalue weighted by molar-refractivity contribution is 0.809. The minimum Gasteiger partial charge on any atom is -0.370 e. The summed E-state index contributed by atoms with van der Waals surface area (Å²) in [5, 5.41) is 3.37. The van der Waals surface area contributed by atoms with E-state index in [0.29, 0.717) is 5.92 Å². The van der Waals surface area contributed by atoms with Gasteiger partial charge in [-0.2, -0.15) is 0 Å². The second-order valence-electron chi connectivity index (χ2n) is 4.55. The fraction of sp³-hybridized carbons (Fsp3) is 0.692. The summed E-state index contributed by atoms with van der Waals surface area (Å²) in [6, 6.07) is 2.13. The number of aryl methyl sites for hydroxylation is 1. The molecule has 1 aromatic heterocycles. The van der Waals surface area contributed by atoms with E-state index in [2.05, 4.69) is 35.2 Å². The minimum absolute atomic E-state index is 0.709. The summed E-state index contributed by atoms with van der Waals surface area (Å²) in [6.45, 7) is 5.34. The van der Waals surface area contributed by atoms with E-state index < -0.39 is 0 Å². The fourth-order valence-corrected chi connectivity index (χ4v) is 1.78. The number of rotatable bonds is 6. The van der Waals surface area contributed by atoms with E-state index >= 15 is 0 Å². The van der Waals surface area contributed by atoms with E-state index in [-0.39, 0.29) is 0 Å². The monoisotopic (exact) mass is 219 g/mol. The number of hydrogen-bond acceptors (Lipinski definition) is 3. The number of hydrogen-bond donors (Lipinski definition) is 1. The fourth-order valence-electron chi connectivity index (χ4n) is 1.78. The van der Waals surface area contributed by atoms with Gasteiger partial charge in [0.1, 0.15) is 11.6 Å². The first kappa shape index (κ1) is 11.4. The molecule has 0 spiro atoms. The van der Waals surface area contributed by atoms with Gasteiger partial charge in [-0.15, -0.1) is 0 Å². The van der Waals surface area contributed by atoms with Gasteiger partial charge in [0.05, 0.1) is 0 Å². The highest BCUT2D eigenvalue weighted by Gasteiger charge is 2.25. The summed E-state index contributed by atoms with van der Waals surface area (Å²) >= 11 is 0. The maximum Gasteiger partial charge on any atom is 0.131 e. The molecule has 1 fully saturated rings. The largest absolute Gasteiger partial charge is 0.370 e. The van der Waals surface area contributed by atoms with Crippen LogP contribution in [0.4, 0.5) is 5.82 Å². The van der Waals surface area contributed by atoms with Gasteiger partial charge < -0.3 is 5.32 Å². The van der Waals surface area contributed by atoms with E-state index in [9.17, 15) is 0 Å². The second kappa shape index (κ2) is 5.28. The van der Waals surface area contributed by atoms with Gasteiger partial charge in [0.2, 0.25) is 0 Å². The van der Waals surface area contributed by atoms with Crippen LogP contribution in [0.2, 0.25) is 0 Å². The third kappa shape index (κ3) is 2.94. The first-order valence-corrected chi connectivity index (χ1v) is 6.45. The van der Waals surface area contributed by atoms with E-state index in [0.717, 1.165) is 37.4 Å². The zero-order valence-corrected chi connectivity index (χ0v) is 10.3. The number of nitrogens with zero attached hydrogens (tertiary/aromatic N) is 2. The lowest BCUT2D eigenvalue weighted by atomic mass is 10.2. The summed E-state index contributed by atoms with van der Waals surface area (Å²) in [6.07, 6.45) is 5.83. The lowest BCUT2D eigenvalue weighted by Gasteiger charge is -2.08. The van der Waals surface area contributed by atoms with Gasteiger partial charge >= 0.3 is 0 Å². The molecule has 0 aliphatic heterocycles. The van der Waals surface area contributed by atoms with Crippen LogP contribution in [0.3, 0.4) is 0 Å². The molecule has 0 atom stereocenters. The number of nitrogens with one attached hydrogen (secondary N) is 1. The lowest BCUT2D eigenvalue weighted by Crippen LogP contribution is -2.07. The second-order valence-corrected chi connectivity index (χ2v) is 4.55. The Kier molecular flexibility index (Phi) is 3.75. The molecule has 1 heterocycles. The molecular weight excluding hydrogens is 198 g/mol. The highest BCUT2D eigenvalue weighted by atomic mass is 15.0. The summed E-state index contributed by atoms with van der Waals surface area (Å²) in [4.78, 5) is 9.19. The normalized spacial score (nSPS) is 15.1. The molecule has 0 amide bonds. The average Bonchev–Trinajstić information content (AvgIpc) is 3.10. The predicted molar refractivity (Wildman–Crippen MR) is 66.8 cm³/mol. The van der Waals surface area contributed by atoms with Crippen LogP contribution in [0.5, 0.6) is 0 Å².